The van der Waals surface area contributed by atoms with Crippen molar-refractivity contribution in [3.63, 3.8) is 0 Å². The molecule has 0 unspecified atom stereocenters. The topological polar surface area (TPSA) is 76.9 Å². The van der Waals surface area contributed by atoms with Gasteiger partial charge in [0.25, 0.3) is 0 Å². The van der Waals surface area contributed by atoms with Crippen LogP contribution in [0.1, 0.15) is 0 Å². The summed E-state index contributed by atoms with van der Waals surface area (Å²) in [5.74, 6) is 1.85. The van der Waals surface area contributed by atoms with Crippen LogP contribution in [-0.2, 0) is 4.74 Å². The SMILES string of the molecule is COc1cc2nc(Cl)nc(N(C)CCOCCO)c2cc1OC. The first-order valence-corrected chi connectivity index (χ1v) is 7.47. The highest BCUT2D eigenvalue weighted by Crippen LogP contribution is 2.35. The molecular formula is C15H20ClN3O4. The van der Waals surface area contributed by atoms with Gasteiger partial charge in [-0.3, -0.25) is 0 Å². The van der Waals surface area contributed by atoms with Crippen LogP contribution in [0.5, 0.6) is 11.5 Å². The van der Waals surface area contributed by atoms with Crippen molar-refractivity contribution in [3.8, 4) is 11.5 Å². The van der Waals surface area contributed by atoms with Gasteiger partial charge in [-0.1, -0.05) is 0 Å². The second-order valence-corrected chi connectivity index (χ2v) is 5.14. The molecule has 8 heteroatoms. The molecule has 2 rings (SSSR count). The van der Waals surface area contributed by atoms with Gasteiger partial charge in [-0.15, -0.1) is 0 Å². The van der Waals surface area contributed by atoms with Gasteiger partial charge in [-0.2, -0.15) is 4.98 Å². The Labute approximate surface area is 139 Å². The Balaban J connectivity index is 2.37. The maximum absolute atomic E-state index is 8.73. The smallest absolute Gasteiger partial charge is 0.224 e. The van der Waals surface area contributed by atoms with Crippen molar-refractivity contribution in [2.45, 2.75) is 0 Å². The Hall–Kier alpha value is -1.83. The van der Waals surface area contributed by atoms with Crippen LogP contribution in [-0.4, -0.2) is 62.7 Å². The number of aliphatic hydroxyl groups is 1. The number of anilines is 1. The molecule has 0 aliphatic rings. The van der Waals surface area contributed by atoms with Gasteiger partial charge in [0.15, 0.2) is 11.5 Å². The molecule has 0 saturated heterocycles. The molecule has 1 heterocycles. The highest BCUT2D eigenvalue weighted by Gasteiger charge is 2.15. The monoisotopic (exact) mass is 341 g/mol. The number of halogens is 1. The zero-order chi connectivity index (χ0) is 16.8. The van der Waals surface area contributed by atoms with E-state index in [4.69, 9.17) is 30.9 Å². The van der Waals surface area contributed by atoms with E-state index < -0.39 is 0 Å². The maximum Gasteiger partial charge on any atom is 0.224 e. The van der Waals surface area contributed by atoms with E-state index in [-0.39, 0.29) is 11.9 Å². The number of ether oxygens (including phenoxy) is 3. The summed E-state index contributed by atoms with van der Waals surface area (Å²) in [4.78, 5) is 10.5. The van der Waals surface area contributed by atoms with E-state index in [1.165, 1.54) is 0 Å². The lowest BCUT2D eigenvalue weighted by Gasteiger charge is -2.20. The van der Waals surface area contributed by atoms with Gasteiger partial charge < -0.3 is 24.2 Å². The third kappa shape index (κ3) is 4.13. The minimum Gasteiger partial charge on any atom is -0.493 e. The number of likely N-dealkylation sites (N-methyl/N-ethyl adjacent to an activating group) is 1. The van der Waals surface area contributed by atoms with Gasteiger partial charge in [0.05, 0.1) is 39.6 Å². The van der Waals surface area contributed by atoms with E-state index in [0.29, 0.717) is 42.6 Å². The highest BCUT2D eigenvalue weighted by atomic mass is 35.5. The van der Waals surface area contributed by atoms with Crippen LogP contribution in [0.15, 0.2) is 12.1 Å². The van der Waals surface area contributed by atoms with E-state index in [2.05, 4.69) is 9.97 Å². The summed E-state index contributed by atoms with van der Waals surface area (Å²) >= 11 is 6.04. The molecule has 1 aromatic heterocycles. The second-order valence-electron chi connectivity index (χ2n) is 4.80. The summed E-state index contributed by atoms with van der Waals surface area (Å²) in [5.41, 5.74) is 0.667. The van der Waals surface area contributed by atoms with Crippen LogP contribution < -0.4 is 14.4 Å². The zero-order valence-corrected chi connectivity index (χ0v) is 14.1. The Morgan fingerprint density at radius 2 is 1.83 bits per heavy atom. The van der Waals surface area contributed by atoms with Crippen molar-refractivity contribution in [2.75, 3.05) is 52.5 Å². The van der Waals surface area contributed by atoms with Crippen LogP contribution in [0.2, 0.25) is 5.28 Å². The molecule has 0 aliphatic heterocycles. The fourth-order valence-corrected chi connectivity index (χ4v) is 2.35. The number of benzene rings is 1. The van der Waals surface area contributed by atoms with Crippen molar-refractivity contribution in [2.24, 2.45) is 0 Å². The van der Waals surface area contributed by atoms with Crippen molar-refractivity contribution < 1.29 is 19.3 Å². The summed E-state index contributed by atoms with van der Waals surface area (Å²) in [6, 6.07) is 3.59. The average molecular weight is 342 g/mol. The Morgan fingerprint density at radius 1 is 1.13 bits per heavy atom. The molecule has 126 valence electrons. The Morgan fingerprint density at radius 3 is 2.48 bits per heavy atom. The summed E-state index contributed by atoms with van der Waals surface area (Å²) in [5, 5.41) is 9.69. The average Bonchev–Trinajstić information content (AvgIpc) is 2.56. The molecule has 1 N–H and O–H groups in total. The van der Waals surface area contributed by atoms with Crippen LogP contribution in [0.4, 0.5) is 5.82 Å². The van der Waals surface area contributed by atoms with Crippen molar-refractivity contribution in [3.05, 3.63) is 17.4 Å². The molecule has 0 radical (unpaired) electrons. The highest BCUT2D eigenvalue weighted by molar-refractivity contribution is 6.28. The number of fused-ring (bicyclic) bond motifs is 1. The predicted molar refractivity (Wildman–Crippen MR) is 88.8 cm³/mol. The van der Waals surface area contributed by atoms with E-state index in [1.807, 2.05) is 18.0 Å². The summed E-state index contributed by atoms with van der Waals surface area (Å²) in [6.45, 7) is 1.37. The van der Waals surface area contributed by atoms with Gasteiger partial charge in [0, 0.05) is 25.0 Å². The lowest BCUT2D eigenvalue weighted by Crippen LogP contribution is -2.24. The number of nitrogens with zero attached hydrogens (tertiary/aromatic N) is 3. The minimum absolute atomic E-state index is 0.00295. The molecule has 0 aliphatic carbocycles. The largest absolute Gasteiger partial charge is 0.493 e. The molecule has 0 fully saturated rings. The van der Waals surface area contributed by atoms with Crippen molar-refractivity contribution in [1.29, 1.82) is 0 Å². The van der Waals surface area contributed by atoms with Crippen LogP contribution in [0, 0.1) is 0 Å². The molecule has 0 amide bonds. The minimum atomic E-state index is 0.00295. The van der Waals surface area contributed by atoms with E-state index >= 15 is 0 Å². The number of hydrogen-bond acceptors (Lipinski definition) is 7. The number of aromatic nitrogens is 2. The normalized spacial score (nSPS) is 10.8. The van der Waals surface area contributed by atoms with Crippen LogP contribution >= 0.6 is 11.6 Å². The van der Waals surface area contributed by atoms with Gasteiger partial charge in [0.1, 0.15) is 5.82 Å². The first kappa shape index (κ1) is 17.5. The van der Waals surface area contributed by atoms with E-state index in [9.17, 15) is 0 Å². The number of methoxy groups -OCH3 is 2. The molecule has 0 spiro atoms. The van der Waals surface area contributed by atoms with Gasteiger partial charge in [-0.05, 0) is 17.7 Å². The fraction of sp³-hybridized carbons (Fsp3) is 0.467. The van der Waals surface area contributed by atoms with E-state index in [0.717, 1.165) is 5.39 Å². The first-order chi connectivity index (χ1) is 11.1. The second kappa shape index (κ2) is 8.14. The number of rotatable bonds is 8. The third-order valence-electron chi connectivity index (χ3n) is 3.32. The lowest BCUT2D eigenvalue weighted by atomic mass is 10.2. The Kier molecular flexibility index (Phi) is 6.20. The number of hydrogen-bond donors (Lipinski definition) is 1. The number of aliphatic hydroxyl groups excluding tert-OH is 1. The van der Waals surface area contributed by atoms with Crippen molar-refractivity contribution >= 4 is 28.3 Å². The first-order valence-electron chi connectivity index (χ1n) is 7.09. The van der Waals surface area contributed by atoms with Gasteiger partial charge in [0.2, 0.25) is 5.28 Å². The van der Waals surface area contributed by atoms with Crippen LogP contribution in [0.25, 0.3) is 10.9 Å². The quantitative estimate of drug-likeness (QED) is 0.579. The fourth-order valence-electron chi connectivity index (χ4n) is 2.18. The zero-order valence-electron chi connectivity index (χ0n) is 13.4. The molecule has 2 aromatic rings. The summed E-state index contributed by atoms with van der Waals surface area (Å²) in [7, 11) is 5.03. The van der Waals surface area contributed by atoms with E-state index in [1.54, 1.807) is 20.3 Å². The molecule has 0 saturated carbocycles. The Bertz CT molecular complexity index is 669. The molecule has 23 heavy (non-hydrogen) atoms. The summed E-state index contributed by atoms with van der Waals surface area (Å²) in [6.07, 6.45) is 0. The van der Waals surface area contributed by atoms with Crippen LogP contribution in [0.3, 0.4) is 0 Å². The molecular weight excluding hydrogens is 322 g/mol. The molecule has 0 atom stereocenters. The standard InChI is InChI=1S/C15H20ClN3O4/c1-19(4-6-23-7-5-20)14-10-8-12(21-2)13(22-3)9-11(10)17-15(16)18-14/h8-9,20H,4-7H2,1-3H3. The summed E-state index contributed by atoms with van der Waals surface area (Å²) < 4.78 is 15.9. The van der Waals surface area contributed by atoms with Gasteiger partial charge >= 0.3 is 0 Å². The predicted octanol–water partition coefficient (Wildman–Crippen LogP) is 1.75. The molecule has 1 aromatic carbocycles. The molecule has 7 nitrogen and oxygen atoms in total. The third-order valence-corrected chi connectivity index (χ3v) is 3.49. The maximum atomic E-state index is 8.73. The molecule has 0 bridgehead atoms. The van der Waals surface area contributed by atoms with Crippen molar-refractivity contribution in [1.82, 2.24) is 9.97 Å². The van der Waals surface area contributed by atoms with Gasteiger partial charge in [-0.25, -0.2) is 4.98 Å². The lowest BCUT2D eigenvalue weighted by molar-refractivity contribution is 0.0971.